The van der Waals surface area contributed by atoms with E-state index in [-0.39, 0.29) is 34.7 Å². The van der Waals surface area contributed by atoms with Gasteiger partial charge in [0.25, 0.3) is 0 Å². The smallest absolute Gasteiger partial charge is 0.172 e. The Hall–Kier alpha value is -0.980. The second kappa shape index (κ2) is 7.45. The molecule has 0 spiro atoms. The van der Waals surface area contributed by atoms with E-state index >= 15 is 0 Å². The number of hydrogen-bond donors (Lipinski definition) is 3. The minimum atomic E-state index is -0.114. The zero-order chi connectivity index (χ0) is 19.4. The highest BCUT2D eigenvalue weighted by Crippen LogP contribution is 2.43. The van der Waals surface area contributed by atoms with E-state index < -0.39 is 0 Å². The van der Waals surface area contributed by atoms with Gasteiger partial charge in [0.2, 0.25) is 0 Å². The van der Waals surface area contributed by atoms with Crippen molar-refractivity contribution in [1.29, 1.82) is 10.8 Å². The average Bonchev–Trinajstić information content (AvgIpc) is 2.96. The predicted molar refractivity (Wildman–Crippen MR) is 120 cm³/mol. The Morgan fingerprint density at radius 1 is 1.11 bits per heavy atom. The molecule has 0 fully saturated rings. The highest BCUT2D eigenvalue weighted by atomic mass is 35.5. The van der Waals surface area contributed by atoms with Crippen LogP contribution in [-0.2, 0) is 0 Å². The topological polar surface area (TPSA) is 75.3 Å². The van der Waals surface area contributed by atoms with Gasteiger partial charge in [-0.15, -0.1) is 24.0 Å². The van der Waals surface area contributed by atoms with E-state index in [1.54, 1.807) is 0 Å². The molecular weight excluding hydrogens is 401 g/mol. The number of nitrogens with one attached hydrogen (secondary N) is 3. The van der Waals surface area contributed by atoms with Crippen LogP contribution in [0.5, 0.6) is 0 Å². The third-order valence-electron chi connectivity index (χ3n) is 4.73. The van der Waals surface area contributed by atoms with Gasteiger partial charge in [-0.05, 0) is 83.7 Å². The SMILES string of the molecule is CC(C)(C)N(C1=NC(=N)C(=C2NC(=N)C3=C2CC(Cl)CC3)S1)C(C)(C)C.Cl. The van der Waals surface area contributed by atoms with Crippen LogP contribution in [-0.4, -0.2) is 38.2 Å². The molecule has 0 saturated heterocycles. The van der Waals surface area contributed by atoms with Crippen molar-refractivity contribution in [2.24, 2.45) is 4.99 Å². The van der Waals surface area contributed by atoms with Gasteiger partial charge in [-0.25, -0.2) is 4.99 Å². The molecular formula is C19H29Cl2N5S. The first-order valence-electron chi connectivity index (χ1n) is 9.02. The van der Waals surface area contributed by atoms with Crippen molar-refractivity contribution in [3.63, 3.8) is 0 Å². The molecule has 3 N–H and O–H groups in total. The van der Waals surface area contributed by atoms with Gasteiger partial charge in [0.05, 0.1) is 10.6 Å². The van der Waals surface area contributed by atoms with Crippen LogP contribution < -0.4 is 5.32 Å². The first kappa shape index (κ1) is 22.3. The Labute approximate surface area is 177 Å². The summed E-state index contributed by atoms with van der Waals surface area (Å²) in [6.45, 7) is 13.0. The summed E-state index contributed by atoms with van der Waals surface area (Å²) in [5.41, 5.74) is 2.79. The van der Waals surface area contributed by atoms with Crippen molar-refractivity contribution >= 4 is 52.6 Å². The summed E-state index contributed by atoms with van der Waals surface area (Å²) in [4.78, 5) is 7.67. The Kier molecular flexibility index (Phi) is 6.16. The first-order chi connectivity index (χ1) is 11.9. The fourth-order valence-electron chi connectivity index (χ4n) is 4.05. The minimum Gasteiger partial charge on any atom is -0.341 e. The van der Waals surface area contributed by atoms with Gasteiger partial charge in [0.1, 0.15) is 5.84 Å². The van der Waals surface area contributed by atoms with Crippen molar-refractivity contribution in [2.75, 3.05) is 0 Å². The van der Waals surface area contributed by atoms with Crippen LogP contribution in [0.2, 0.25) is 0 Å². The fraction of sp³-hybridized carbons (Fsp3) is 0.632. The monoisotopic (exact) mass is 429 g/mol. The zero-order valence-corrected chi connectivity index (χ0v) is 19.2. The Morgan fingerprint density at radius 3 is 2.26 bits per heavy atom. The largest absolute Gasteiger partial charge is 0.341 e. The molecule has 2 aliphatic heterocycles. The molecule has 0 aromatic rings. The summed E-state index contributed by atoms with van der Waals surface area (Å²) in [6, 6.07) is 0. The van der Waals surface area contributed by atoms with Gasteiger partial charge >= 0.3 is 0 Å². The molecule has 0 bridgehead atoms. The van der Waals surface area contributed by atoms with Crippen LogP contribution in [0.1, 0.15) is 60.8 Å². The van der Waals surface area contributed by atoms with Crippen LogP contribution in [0.15, 0.2) is 26.7 Å². The van der Waals surface area contributed by atoms with Crippen LogP contribution in [0, 0.1) is 10.8 Å². The van der Waals surface area contributed by atoms with Crippen LogP contribution in [0.4, 0.5) is 0 Å². The molecule has 0 amide bonds. The standard InChI is InChI=1S/C19H28ClN5S.ClH/c1-18(2,3)25(19(4,5)6)17-24-16(22)14(26-17)13-12-9-10(20)7-8-11(12)15(21)23-13;/h10,22H,7-9H2,1-6H3,(H2,21,23);1H. The normalized spacial score (nSPS) is 25.9. The molecule has 1 aliphatic carbocycles. The van der Waals surface area contributed by atoms with Gasteiger partial charge in [-0.1, -0.05) is 0 Å². The number of alkyl halides is 1. The summed E-state index contributed by atoms with van der Waals surface area (Å²) >= 11 is 7.92. The van der Waals surface area contributed by atoms with Gasteiger partial charge in [0.15, 0.2) is 11.0 Å². The number of allylic oxidation sites excluding steroid dienone is 1. The molecule has 1 unspecified atom stereocenters. The molecule has 8 heteroatoms. The lowest BCUT2D eigenvalue weighted by Gasteiger charge is -2.46. The molecule has 0 radical (unpaired) electrons. The lowest BCUT2D eigenvalue weighted by molar-refractivity contribution is 0.128. The van der Waals surface area contributed by atoms with E-state index in [2.05, 4.69) is 56.8 Å². The molecule has 0 saturated carbocycles. The van der Waals surface area contributed by atoms with Gasteiger partial charge in [-0.2, -0.15) is 0 Å². The second-order valence-corrected chi connectivity index (χ2v) is 10.6. The first-order valence-corrected chi connectivity index (χ1v) is 10.3. The molecule has 3 rings (SSSR count). The van der Waals surface area contributed by atoms with E-state index in [1.807, 2.05) is 0 Å². The molecule has 0 aromatic carbocycles. The van der Waals surface area contributed by atoms with Crippen molar-refractivity contribution < 1.29 is 0 Å². The number of amidine groups is 3. The summed E-state index contributed by atoms with van der Waals surface area (Å²) in [5.74, 6) is 0.723. The van der Waals surface area contributed by atoms with Crippen molar-refractivity contribution in [3.05, 3.63) is 21.7 Å². The highest BCUT2D eigenvalue weighted by Gasteiger charge is 2.40. The molecule has 1 atom stereocenters. The van der Waals surface area contributed by atoms with Gasteiger partial charge in [0, 0.05) is 16.5 Å². The Morgan fingerprint density at radius 2 is 1.70 bits per heavy atom. The zero-order valence-electron chi connectivity index (χ0n) is 16.8. The maximum absolute atomic E-state index is 8.47. The molecule has 5 nitrogen and oxygen atoms in total. The highest BCUT2D eigenvalue weighted by molar-refractivity contribution is 8.18. The number of nitrogens with zero attached hydrogens (tertiary/aromatic N) is 2. The summed E-state index contributed by atoms with van der Waals surface area (Å²) in [7, 11) is 0. The number of aliphatic imine (C=N–C) groups is 1. The number of rotatable bonds is 0. The maximum Gasteiger partial charge on any atom is 0.172 e. The van der Waals surface area contributed by atoms with Crippen molar-refractivity contribution in [2.45, 2.75) is 77.3 Å². The quantitative estimate of drug-likeness (QED) is 0.459. The van der Waals surface area contributed by atoms with Gasteiger partial charge < -0.3 is 10.2 Å². The van der Waals surface area contributed by atoms with Crippen LogP contribution >= 0.6 is 35.8 Å². The number of thioether (sulfide) groups is 1. The summed E-state index contributed by atoms with van der Waals surface area (Å²) in [5, 5.41) is 20.9. The number of hydrogen-bond acceptors (Lipinski definition) is 4. The third-order valence-corrected chi connectivity index (χ3v) is 6.16. The fourth-order valence-corrected chi connectivity index (χ4v) is 5.69. The molecule has 27 heavy (non-hydrogen) atoms. The molecule has 3 aliphatic rings. The second-order valence-electron chi connectivity index (χ2n) is 9.02. The lowest BCUT2D eigenvalue weighted by Crippen LogP contribution is -2.54. The van der Waals surface area contributed by atoms with Gasteiger partial charge in [-0.3, -0.25) is 10.8 Å². The molecule has 2 heterocycles. The van der Waals surface area contributed by atoms with Crippen molar-refractivity contribution in [1.82, 2.24) is 10.2 Å². The summed E-state index contributed by atoms with van der Waals surface area (Å²) < 4.78 is 0. The minimum absolute atomic E-state index is 0. The van der Waals surface area contributed by atoms with Crippen LogP contribution in [0.3, 0.4) is 0 Å². The maximum atomic E-state index is 8.47. The predicted octanol–water partition coefficient (Wildman–Crippen LogP) is 5.27. The average molecular weight is 430 g/mol. The van der Waals surface area contributed by atoms with E-state index in [4.69, 9.17) is 22.4 Å². The Bertz CT molecular complexity index is 754. The van der Waals surface area contributed by atoms with E-state index in [9.17, 15) is 0 Å². The van der Waals surface area contributed by atoms with Crippen molar-refractivity contribution in [3.8, 4) is 0 Å². The van der Waals surface area contributed by atoms with E-state index in [0.29, 0.717) is 5.84 Å². The Balaban J connectivity index is 0.00000261. The molecule has 150 valence electrons. The molecule has 0 aromatic heterocycles. The van der Waals surface area contributed by atoms with E-state index in [1.165, 1.54) is 11.8 Å². The lowest BCUT2D eigenvalue weighted by atomic mass is 9.91. The number of halogens is 2. The third kappa shape index (κ3) is 4.22. The van der Waals surface area contributed by atoms with E-state index in [0.717, 1.165) is 46.2 Å². The van der Waals surface area contributed by atoms with Crippen LogP contribution in [0.25, 0.3) is 0 Å². The summed E-state index contributed by atoms with van der Waals surface area (Å²) in [6.07, 6.45) is 2.48.